The molecule has 15 heteroatoms. The van der Waals surface area contributed by atoms with E-state index in [1.807, 2.05) is 36.7 Å². The van der Waals surface area contributed by atoms with Crippen molar-refractivity contribution >= 4 is 23.5 Å². The van der Waals surface area contributed by atoms with Crippen LogP contribution in [0.15, 0.2) is 110 Å². The predicted molar refractivity (Wildman–Crippen MR) is 190 cm³/mol. The zero-order chi connectivity index (χ0) is 36.6. The zero-order valence-electron chi connectivity index (χ0n) is 28.5. The van der Waals surface area contributed by atoms with Crippen LogP contribution in [0.2, 0.25) is 0 Å². The van der Waals surface area contributed by atoms with E-state index >= 15 is 0 Å². The molecular weight excluding hydrogens is 656 g/mol. The summed E-state index contributed by atoms with van der Waals surface area (Å²) < 4.78 is 23.8. The van der Waals surface area contributed by atoms with Crippen molar-refractivity contribution in [1.82, 2.24) is 29.5 Å². The van der Waals surface area contributed by atoms with E-state index < -0.39 is 5.97 Å². The van der Waals surface area contributed by atoms with E-state index in [0.29, 0.717) is 46.7 Å². The largest absolute Gasteiger partial charge is 0.493 e. The smallest absolute Gasteiger partial charge is 0.335 e. The number of methoxy groups -OCH3 is 4. The highest BCUT2D eigenvalue weighted by atomic mass is 16.5. The van der Waals surface area contributed by atoms with Crippen LogP contribution < -0.4 is 30.0 Å². The lowest BCUT2D eigenvalue weighted by Gasteiger charge is -2.09. The van der Waals surface area contributed by atoms with Gasteiger partial charge in [-0.25, -0.2) is 4.79 Å². The maximum atomic E-state index is 12.4. The summed E-state index contributed by atoms with van der Waals surface area (Å²) in [6.45, 7) is 1.34. The summed E-state index contributed by atoms with van der Waals surface area (Å²) >= 11 is 0. The second kappa shape index (κ2) is 18.6. The summed E-state index contributed by atoms with van der Waals surface area (Å²) in [7, 11) is 6.04. The van der Waals surface area contributed by atoms with Crippen LogP contribution in [0.1, 0.15) is 31.8 Å². The average Bonchev–Trinajstić information content (AvgIpc) is 3.79. The van der Waals surface area contributed by atoms with E-state index in [0.717, 1.165) is 17.7 Å². The number of aromatic nitrogens is 6. The van der Waals surface area contributed by atoms with Gasteiger partial charge in [-0.3, -0.25) is 24.1 Å². The first kappa shape index (κ1) is 36.9. The van der Waals surface area contributed by atoms with Crippen molar-refractivity contribution < 1.29 is 33.6 Å². The van der Waals surface area contributed by atoms with E-state index in [2.05, 4.69) is 25.5 Å². The van der Waals surface area contributed by atoms with Gasteiger partial charge in [-0.15, -0.1) is 0 Å². The Kier molecular flexibility index (Phi) is 13.5. The summed E-state index contributed by atoms with van der Waals surface area (Å²) in [5.41, 5.74) is 8.37. The maximum absolute atomic E-state index is 12.4. The molecule has 15 nitrogen and oxygen atoms in total. The van der Waals surface area contributed by atoms with Crippen molar-refractivity contribution in [3.8, 4) is 23.0 Å². The van der Waals surface area contributed by atoms with E-state index in [9.17, 15) is 9.59 Å². The Hall–Kier alpha value is -6.90. The molecule has 4 N–H and O–H groups in total. The molecule has 6 rings (SSSR count). The highest BCUT2D eigenvalue weighted by molar-refractivity contribution is 6.04. The normalized spacial score (nSPS) is 10.0. The minimum absolute atomic E-state index is 0.178. The minimum atomic E-state index is -0.985. The van der Waals surface area contributed by atoms with Crippen molar-refractivity contribution in [2.24, 2.45) is 0 Å². The summed E-state index contributed by atoms with van der Waals surface area (Å²) in [6, 6.07) is 20.7. The number of rotatable bonds is 11. The fraction of sp³-hybridized carbons (Fsp3) is 0.167. The van der Waals surface area contributed by atoms with Crippen LogP contribution in [0.5, 0.6) is 23.0 Å². The Balaban J connectivity index is 0.000000189. The highest BCUT2D eigenvalue weighted by Gasteiger charge is 2.12. The summed E-state index contributed by atoms with van der Waals surface area (Å²) in [4.78, 5) is 30.9. The Morgan fingerprint density at radius 3 is 1.59 bits per heavy atom. The van der Waals surface area contributed by atoms with Gasteiger partial charge >= 0.3 is 5.97 Å². The fourth-order valence-corrected chi connectivity index (χ4v) is 4.47. The first-order valence-corrected chi connectivity index (χ1v) is 15.3. The zero-order valence-corrected chi connectivity index (χ0v) is 28.5. The number of nitrogens with two attached hydrogens (primary N) is 1. The van der Waals surface area contributed by atoms with Crippen LogP contribution in [0.25, 0.3) is 0 Å². The first-order valence-electron chi connectivity index (χ1n) is 15.3. The molecule has 4 aromatic heterocycles. The lowest BCUT2D eigenvalue weighted by molar-refractivity contribution is 0.0696. The van der Waals surface area contributed by atoms with E-state index in [1.54, 1.807) is 77.7 Å². The third-order valence-corrected chi connectivity index (χ3v) is 7.01. The molecular formula is C36H38N8O7. The Labute approximate surface area is 294 Å². The van der Waals surface area contributed by atoms with Gasteiger partial charge in [-0.05, 0) is 77.9 Å². The van der Waals surface area contributed by atoms with Gasteiger partial charge < -0.3 is 35.1 Å². The standard InChI is InChI=1S/C18H18N4O3.C9H10N4.C9H10O4/c1-24-15-4-3-14(11-16(15)25-2)18(23)20-17-7-10-22(21-17)12-13-5-8-19-9-6-13;10-9-3-6-13(12-9)7-8-1-4-11-5-2-8;1-12-7-4-3-6(9(10)11)5-8(7)13-2/h3-11H,12H2,1-2H3,(H,20,21,23);1-6H,7H2,(H2,10,12);3-5H,1-2H3,(H,10,11). The topological polar surface area (TPSA) is 191 Å². The molecule has 0 bridgehead atoms. The number of anilines is 2. The number of benzene rings is 2. The van der Waals surface area contributed by atoms with E-state index in [-0.39, 0.29) is 11.5 Å². The number of nitrogen functional groups attached to an aromatic ring is 1. The van der Waals surface area contributed by atoms with Crippen molar-refractivity contribution in [2.75, 3.05) is 39.5 Å². The molecule has 0 fully saturated rings. The highest BCUT2D eigenvalue weighted by Crippen LogP contribution is 2.28. The molecule has 0 aliphatic rings. The lowest BCUT2D eigenvalue weighted by atomic mass is 10.2. The van der Waals surface area contributed by atoms with Crippen molar-refractivity contribution in [2.45, 2.75) is 13.1 Å². The molecule has 0 spiro atoms. The summed E-state index contributed by atoms with van der Waals surface area (Å²) in [6.07, 6.45) is 10.7. The third-order valence-electron chi connectivity index (χ3n) is 7.01. The minimum Gasteiger partial charge on any atom is -0.493 e. The van der Waals surface area contributed by atoms with Gasteiger partial charge in [0.15, 0.2) is 28.8 Å². The number of carbonyl (C=O) groups excluding carboxylic acids is 1. The molecule has 0 atom stereocenters. The number of nitrogens with one attached hydrogen (secondary N) is 1. The maximum Gasteiger partial charge on any atom is 0.335 e. The first-order chi connectivity index (χ1) is 24.7. The summed E-state index contributed by atoms with van der Waals surface area (Å²) in [5.74, 6) is 1.79. The number of hydrogen-bond acceptors (Lipinski definition) is 11. The van der Waals surface area contributed by atoms with E-state index in [1.165, 1.54) is 33.5 Å². The number of ether oxygens (including phenoxy) is 4. The van der Waals surface area contributed by atoms with Gasteiger partial charge in [-0.1, -0.05) is 0 Å². The molecule has 0 saturated heterocycles. The quantitative estimate of drug-likeness (QED) is 0.166. The molecule has 51 heavy (non-hydrogen) atoms. The Bertz CT molecular complexity index is 2000. The van der Waals surface area contributed by atoms with Crippen molar-refractivity contribution in [3.05, 3.63) is 132 Å². The van der Waals surface area contributed by atoms with Crippen LogP contribution >= 0.6 is 0 Å². The number of hydrogen-bond donors (Lipinski definition) is 3. The number of nitrogens with zero attached hydrogens (tertiary/aromatic N) is 6. The van der Waals surface area contributed by atoms with Crippen molar-refractivity contribution in [1.29, 1.82) is 0 Å². The van der Waals surface area contributed by atoms with Gasteiger partial charge in [0, 0.05) is 48.8 Å². The van der Waals surface area contributed by atoms with Crippen LogP contribution in [0.3, 0.4) is 0 Å². The van der Waals surface area contributed by atoms with Crippen LogP contribution in [-0.2, 0) is 13.1 Å². The Morgan fingerprint density at radius 2 is 1.12 bits per heavy atom. The van der Waals surface area contributed by atoms with Gasteiger partial charge in [-0.2, -0.15) is 10.2 Å². The van der Waals surface area contributed by atoms with Gasteiger partial charge in [0.2, 0.25) is 0 Å². The van der Waals surface area contributed by atoms with Gasteiger partial charge in [0.25, 0.3) is 5.91 Å². The molecule has 6 aromatic rings. The molecule has 0 saturated carbocycles. The number of amides is 1. The molecule has 0 unspecified atom stereocenters. The second-order valence-electron chi connectivity index (χ2n) is 10.4. The predicted octanol–water partition coefficient (Wildman–Crippen LogP) is 4.91. The molecule has 264 valence electrons. The second-order valence-corrected chi connectivity index (χ2v) is 10.4. The molecule has 0 aliphatic heterocycles. The third kappa shape index (κ3) is 11.1. The molecule has 0 aliphatic carbocycles. The fourth-order valence-electron chi connectivity index (χ4n) is 4.47. The molecule has 4 heterocycles. The molecule has 0 radical (unpaired) electrons. The van der Waals surface area contributed by atoms with Crippen LogP contribution in [0, 0.1) is 0 Å². The number of pyridine rings is 2. The van der Waals surface area contributed by atoms with Gasteiger partial charge in [0.05, 0.1) is 47.1 Å². The molecule has 2 aromatic carbocycles. The average molecular weight is 695 g/mol. The summed E-state index contributed by atoms with van der Waals surface area (Å²) in [5, 5.41) is 19.9. The Morgan fingerprint density at radius 1 is 0.647 bits per heavy atom. The lowest BCUT2D eigenvalue weighted by Crippen LogP contribution is -2.13. The van der Waals surface area contributed by atoms with Crippen LogP contribution in [-0.4, -0.2) is 75.0 Å². The monoisotopic (exact) mass is 694 g/mol. The number of carbonyl (C=O) groups is 2. The van der Waals surface area contributed by atoms with Gasteiger partial charge in [0.1, 0.15) is 5.82 Å². The van der Waals surface area contributed by atoms with Crippen molar-refractivity contribution in [3.63, 3.8) is 0 Å². The van der Waals surface area contributed by atoms with Crippen LogP contribution in [0.4, 0.5) is 11.6 Å². The molecule has 1 amide bonds. The SMILES string of the molecule is COc1ccc(C(=O)Nc2ccn(Cc3ccncc3)n2)cc1OC.COc1ccc(C(=O)O)cc1OC.Nc1ccn(Cc2ccncc2)n1. The number of carboxylic acid groups (broad SMARTS) is 1. The number of carboxylic acids is 1. The van der Waals surface area contributed by atoms with E-state index in [4.69, 9.17) is 29.8 Å². The number of aromatic carboxylic acids is 1.